The number of hydrogen-bond donors (Lipinski definition) is 0. The molecule has 0 amide bonds. The maximum absolute atomic E-state index is 5.80. The van der Waals surface area contributed by atoms with Crippen LogP contribution in [0.25, 0.3) is 0 Å². The number of rotatable bonds is 2. The molecule has 1 heterocycles. The van der Waals surface area contributed by atoms with E-state index < -0.39 is 0 Å². The second-order valence-electron chi connectivity index (χ2n) is 2.93. The van der Waals surface area contributed by atoms with E-state index >= 15 is 0 Å². The van der Waals surface area contributed by atoms with E-state index in [1.807, 2.05) is 12.1 Å². The smallest absolute Gasteiger partial charge is 0.0406 e. The fourth-order valence-corrected chi connectivity index (χ4v) is 2.09. The van der Waals surface area contributed by atoms with Gasteiger partial charge in [0, 0.05) is 18.1 Å². The van der Waals surface area contributed by atoms with Gasteiger partial charge in [-0.25, -0.2) is 4.31 Å². The molecular weight excluding hydrogens is 202 g/mol. The minimum Gasteiger partial charge on any atom is -0.239 e. The Morgan fingerprint density at radius 2 is 2.08 bits per heavy atom. The van der Waals surface area contributed by atoms with E-state index in [-0.39, 0.29) is 0 Å². The number of halogens is 1. The van der Waals surface area contributed by atoms with Gasteiger partial charge in [-0.15, -0.1) is 0 Å². The molecule has 1 aliphatic heterocycles. The van der Waals surface area contributed by atoms with E-state index in [0.717, 1.165) is 18.1 Å². The van der Waals surface area contributed by atoms with Crippen molar-refractivity contribution >= 4 is 23.5 Å². The van der Waals surface area contributed by atoms with E-state index in [1.54, 1.807) is 11.9 Å². The van der Waals surface area contributed by atoms with E-state index in [2.05, 4.69) is 27.9 Å². The van der Waals surface area contributed by atoms with Gasteiger partial charge >= 0.3 is 0 Å². The lowest BCUT2D eigenvalue weighted by atomic mass is 10.2. The second kappa shape index (κ2) is 4.18. The third-order valence-electron chi connectivity index (χ3n) is 1.89. The maximum Gasteiger partial charge on any atom is 0.0406 e. The minimum atomic E-state index is 0.802. The van der Waals surface area contributed by atoms with Crippen LogP contribution in [0.5, 0.6) is 0 Å². The Bertz CT molecular complexity index is 299. The fraction of sp³-hybridized carbons (Fsp3) is 0.200. The molecule has 0 aromatic heterocycles. The lowest BCUT2D eigenvalue weighted by molar-refractivity contribution is 0.527. The first-order chi connectivity index (χ1) is 6.34. The van der Waals surface area contributed by atoms with Gasteiger partial charge in [0.2, 0.25) is 0 Å². The molecule has 0 radical (unpaired) electrons. The van der Waals surface area contributed by atoms with Crippen molar-refractivity contribution in [2.75, 3.05) is 6.54 Å². The lowest BCUT2D eigenvalue weighted by Gasteiger charge is -2.12. The summed E-state index contributed by atoms with van der Waals surface area (Å²) in [6.45, 7) is 2.02. The number of benzene rings is 1. The number of hydrogen-bond acceptors (Lipinski definition) is 2. The van der Waals surface area contributed by atoms with Crippen LogP contribution in [0.2, 0.25) is 5.02 Å². The molecule has 0 atom stereocenters. The van der Waals surface area contributed by atoms with Crippen LogP contribution in [-0.4, -0.2) is 10.8 Å². The van der Waals surface area contributed by atoms with Crippen molar-refractivity contribution in [3.8, 4) is 0 Å². The summed E-state index contributed by atoms with van der Waals surface area (Å²) < 4.78 is 2.29. The van der Waals surface area contributed by atoms with Gasteiger partial charge < -0.3 is 0 Å². The molecule has 0 aliphatic carbocycles. The summed E-state index contributed by atoms with van der Waals surface area (Å²) in [5, 5.41) is 2.92. The van der Waals surface area contributed by atoms with Gasteiger partial charge in [-0.1, -0.05) is 29.8 Å². The minimum absolute atomic E-state index is 0.802. The van der Waals surface area contributed by atoms with Crippen molar-refractivity contribution in [3.63, 3.8) is 0 Å². The molecule has 13 heavy (non-hydrogen) atoms. The topological polar surface area (TPSA) is 3.24 Å². The van der Waals surface area contributed by atoms with Gasteiger partial charge in [0.1, 0.15) is 0 Å². The Morgan fingerprint density at radius 1 is 1.31 bits per heavy atom. The first-order valence-corrected chi connectivity index (χ1v) is 5.37. The highest BCUT2D eigenvalue weighted by atomic mass is 35.5. The van der Waals surface area contributed by atoms with Gasteiger partial charge in [0.05, 0.1) is 0 Å². The molecule has 0 spiro atoms. The lowest BCUT2D eigenvalue weighted by Crippen LogP contribution is -2.10. The van der Waals surface area contributed by atoms with E-state index in [0.29, 0.717) is 0 Å². The molecule has 0 saturated carbocycles. The van der Waals surface area contributed by atoms with Gasteiger partial charge in [-0.3, -0.25) is 0 Å². The van der Waals surface area contributed by atoms with Crippen molar-refractivity contribution in [1.29, 1.82) is 0 Å². The van der Waals surface area contributed by atoms with E-state index in [4.69, 9.17) is 11.6 Å². The molecule has 1 aromatic rings. The van der Waals surface area contributed by atoms with Crippen LogP contribution in [0.3, 0.4) is 0 Å². The molecular formula is C10H10ClNS. The zero-order chi connectivity index (χ0) is 9.10. The van der Waals surface area contributed by atoms with Crippen molar-refractivity contribution in [2.45, 2.75) is 6.54 Å². The highest BCUT2D eigenvalue weighted by Crippen LogP contribution is 2.21. The first-order valence-electron chi connectivity index (χ1n) is 4.16. The van der Waals surface area contributed by atoms with Gasteiger partial charge in [0.15, 0.2) is 0 Å². The predicted molar refractivity (Wildman–Crippen MR) is 58.6 cm³/mol. The van der Waals surface area contributed by atoms with Crippen molar-refractivity contribution < 1.29 is 0 Å². The van der Waals surface area contributed by atoms with Crippen LogP contribution < -0.4 is 0 Å². The quantitative estimate of drug-likeness (QED) is 0.691. The normalized spacial score (nSPS) is 16.7. The molecule has 3 heteroatoms. The molecule has 0 fully saturated rings. The largest absolute Gasteiger partial charge is 0.239 e. The average Bonchev–Trinajstić information content (AvgIpc) is 2.62. The van der Waals surface area contributed by atoms with Crippen molar-refractivity contribution in [1.82, 2.24) is 4.31 Å². The van der Waals surface area contributed by atoms with Crippen molar-refractivity contribution in [2.24, 2.45) is 0 Å². The highest BCUT2D eigenvalue weighted by molar-refractivity contribution is 8.00. The molecule has 0 bridgehead atoms. The van der Waals surface area contributed by atoms with Gasteiger partial charge in [-0.05, 0) is 35.1 Å². The van der Waals surface area contributed by atoms with Crippen molar-refractivity contribution in [3.05, 3.63) is 46.3 Å². The maximum atomic E-state index is 5.80. The molecule has 1 nitrogen and oxygen atoms in total. The highest BCUT2D eigenvalue weighted by Gasteiger charge is 2.07. The molecule has 0 unspecified atom stereocenters. The van der Waals surface area contributed by atoms with Crippen LogP contribution >= 0.6 is 23.5 Å². The molecule has 1 aromatic carbocycles. The van der Waals surface area contributed by atoms with Crippen LogP contribution in [0, 0.1) is 0 Å². The second-order valence-corrected chi connectivity index (χ2v) is 4.36. The monoisotopic (exact) mass is 211 g/mol. The number of nitrogens with zero attached hydrogens (tertiary/aromatic N) is 1. The third kappa shape index (κ3) is 2.50. The molecule has 2 rings (SSSR count). The summed E-state index contributed by atoms with van der Waals surface area (Å²) in [6, 6.07) is 8.01. The Labute approximate surface area is 87.5 Å². The summed E-state index contributed by atoms with van der Waals surface area (Å²) in [5.74, 6) is 0. The van der Waals surface area contributed by atoms with Gasteiger partial charge in [-0.2, -0.15) is 0 Å². The summed E-state index contributed by atoms with van der Waals surface area (Å²) in [5.41, 5.74) is 1.31. The summed E-state index contributed by atoms with van der Waals surface area (Å²) >= 11 is 7.56. The summed E-state index contributed by atoms with van der Waals surface area (Å²) in [7, 11) is 0. The van der Waals surface area contributed by atoms with Crippen LogP contribution in [-0.2, 0) is 6.54 Å². The van der Waals surface area contributed by atoms with Crippen LogP contribution in [0.1, 0.15) is 5.56 Å². The van der Waals surface area contributed by atoms with Crippen LogP contribution in [0.4, 0.5) is 0 Å². The van der Waals surface area contributed by atoms with E-state index in [9.17, 15) is 0 Å². The Kier molecular flexibility index (Phi) is 2.94. The van der Waals surface area contributed by atoms with Gasteiger partial charge in [0.25, 0.3) is 0 Å². The standard InChI is InChI=1S/C10H10ClNS/c11-10-4-2-9(3-5-10)8-12-6-1-7-13-12/h1-5,7H,6,8H2. The zero-order valence-electron chi connectivity index (χ0n) is 7.11. The Hall–Kier alpha value is -0.440. The van der Waals surface area contributed by atoms with E-state index in [1.165, 1.54) is 5.56 Å². The Morgan fingerprint density at radius 3 is 2.69 bits per heavy atom. The molecule has 0 saturated heterocycles. The Balaban J connectivity index is 1.97. The molecule has 68 valence electrons. The average molecular weight is 212 g/mol. The molecule has 0 N–H and O–H groups in total. The first kappa shape index (κ1) is 9.13. The summed E-state index contributed by atoms with van der Waals surface area (Å²) in [4.78, 5) is 0. The molecule has 1 aliphatic rings. The fourth-order valence-electron chi connectivity index (χ4n) is 1.23. The zero-order valence-corrected chi connectivity index (χ0v) is 8.68. The third-order valence-corrected chi connectivity index (χ3v) is 3.03. The SMILES string of the molecule is Clc1ccc(CN2CC=CS2)cc1. The predicted octanol–water partition coefficient (Wildman–Crippen LogP) is 3.32. The summed E-state index contributed by atoms with van der Waals surface area (Å²) in [6.07, 6.45) is 2.17. The van der Waals surface area contributed by atoms with Crippen LogP contribution in [0.15, 0.2) is 35.7 Å².